The van der Waals surface area contributed by atoms with E-state index in [4.69, 9.17) is 9.26 Å². The van der Waals surface area contributed by atoms with Gasteiger partial charge in [0.15, 0.2) is 5.76 Å². The zero-order valence-electron chi connectivity index (χ0n) is 13.9. The largest absolute Gasteiger partial charge is 0.494 e. The number of tetrazole rings is 1. The van der Waals surface area contributed by atoms with Crippen LogP contribution in [0.3, 0.4) is 0 Å². The van der Waals surface area contributed by atoms with Crippen molar-refractivity contribution in [1.29, 1.82) is 0 Å². The van der Waals surface area contributed by atoms with Gasteiger partial charge in [0.2, 0.25) is 5.16 Å². The van der Waals surface area contributed by atoms with Gasteiger partial charge in [-0.05, 0) is 22.6 Å². The van der Waals surface area contributed by atoms with Gasteiger partial charge in [-0.3, -0.25) is 0 Å². The number of rotatable bonds is 6. The van der Waals surface area contributed by atoms with Crippen LogP contribution in [0.2, 0.25) is 0 Å². The number of methoxy groups -OCH3 is 1. The molecule has 8 heteroatoms. The molecule has 2 aromatic carbocycles. The van der Waals surface area contributed by atoms with E-state index in [0.717, 1.165) is 22.7 Å². The lowest BCUT2D eigenvalue weighted by Crippen LogP contribution is -2.01. The van der Waals surface area contributed by atoms with Crippen molar-refractivity contribution in [3.8, 4) is 22.8 Å². The molecule has 0 unspecified atom stereocenters. The van der Waals surface area contributed by atoms with Crippen molar-refractivity contribution in [2.45, 2.75) is 10.9 Å². The minimum Gasteiger partial charge on any atom is -0.494 e. The van der Waals surface area contributed by atoms with E-state index in [0.29, 0.717) is 16.7 Å². The maximum absolute atomic E-state index is 5.43. The zero-order chi connectivity index (χ0) is 17.8. The van der Waals surface area contributed by atoms with Crippen LogP contribution in [-0.4, -0.2) is 32.5 Å². The van der Waals surface area contributed by atoms with E-state index >= 15 is 0 Å². The van der Waals surface area contributed by atoms with E-state index in [9.17, 15) is 0 Å². The molecule has 0 atom stereocenters. The van der Waals surface area contributed by atoms with Gasteiger partial charge in [-0.15, -0.1) is 5.10 Å². The summed E-state index contributed by atoms with van der Waals surface area (Å²) in [5.41, 5.74) is 2.60. The second-order valence-electron chi connectivity index (χ2n) is 5.38. The maximum Gasteiger partial charge on any atom is 0.214 e. The van der Waals surface area contributed by atoms with Crippen molar-refractivity contribution < 1.29 is 9.26 Å². The molecule has 0 radical (unpaired) electrons. The highest BCUT2D eigenvalue weighted by Gasteiger charge is 2.14. The first-order chi connectivity index (χ1) is 12.8. The molecule has 0 amide bonds. The Kier molecular flexibility index (Phi) is 4.65. The third-order valence-corrected chi connectivity index (χ3v) is 4.67. The Morgan fingerprint density at radius 1 is 1.08 bits per heavy atom. The van der Waals surface area contributed by atoms with E-state index < -0.39 is 0 Å². The van der Waals surface area contributed by atoms with Crippen molar-refractivity contribution in [2.75, 3.05) is 7.11 Å². The summed E-state index contributed by atoms with van der Waals surface area (Å²) in [5.74, 6) is 2.03. The molecule has 4 aromatic rings. The van der Waals surface area contributed by atoms with Crippen LogP contribution in [-0.2, 0) is 5.75 Å². The van der Waals surface area contributed by atoms with Gasteiger partial charge in [0.05, 0.1) is 12.8 Å². The Labute approximate surface area is 154 Å². The number of thioether (sulfide) groups is 1. The van der Waals surface area contributed by atoms with Gasteiger partial charge in [-0.2, -0.15) is 4.68 Å². The summed E-state index contributed by atoms with van der Waals surface area (Å²) in [5, 5.41) is 16.7. The second-order valence-corrected chi connectivity index (χ2v) is 6.32. The Bertz CT molecular complexity index is 1000. The predicted octanol–water partition coefficient (Wildman–Crippen LogP) is 3.62. The van der Waals surface area contributed by atoms with E-state index in [2.05, 4.69) is 20.7 Å². The molecule has 2 aromatic heterocycles. The fraction of sp³-hybridized carbons (Fsp3) is 0.111. The number of nitrogens with zero attached hydrogens (tertiary/aromatic N) is 5. The topological polar surface area (TPSA) is 78.9 Å². The molecular weight excluding hydrogens is 350 g/mol. The van der Waals surface area contributed by atoms with Crippen LogP contribution in [0, 0.1) is 0 Å². The summed E-state index contributed by atoms with van der Waals surface area (Å²) in [6.45, 7) is 0. The molecule has 2 heterocycles. The number of benzene rings is 2. The molecule has 0 aliphatic carbocycles. The van der Waals surface area contributed by atoms with Crippen LogP contribution >= 0.6 is 11.8 Å². The number of hydrogen-bond acceptors (Lipinski definition) is 7. The lowest BCUT2D eigenvalue weighted by Gasteiger charge is -2.08. The van der Waals surface area contributed by atoms with E-state index in [1.807, 2.05) is 60.7 Å². The summed E-state index contributed by atoms with van der Waals surface area (Å²) in [7, 11) is 1.62. The lowest BCUT2D eigenvalue weighted by molar-refractivity contribution is 0.410. The Morgan fingerprint density at radius 2 is 1.88 bits per heavy atom. The highest BCUT2D eigenvalue weighted by Crippen LogP contribution is 2.28. The highest BCUT2D eigenvalue weighted by atomic mass is 32.2. The molecule has 4 rings (SSSR count). The van der Waals surface area contributed by atoms with E-state index in [1.54, 1.807) is 11.8 Å². The molecule has 0 aliphatic rings. The van der Waals surface area contributed by atoms with E-state index in [1.165, 1.54) is 11.8 Å². The SMILES string of the molecule is COc1ccccc1-n1nnnc1SCc1cc(-c2ccccc2)on1. The number of ether oxygens (including phenoxy) is 1. The van der Waals surface area contributed by atoms with Gasteiger partial charge >= 0.3 is 0 Å². The van der Waals surface area contributed by atoms with Gasteiger partial charge in [0.25, 0.3) is 0 Å². The van der Waals surface area contributed by atoms with Crippen LogP contribution in [0.5, 0.6) is 5.75 Å². The van der Waals surface area contributed by atoms with Gasteiger partial charge < -0.3 is 9.26 Å². The molecule has 26 heavy (non-hydrogen) atoms. The second kappa shape index (κ2) is 7.40. The lowest BCUT2D eigenvalue weighted by atomic mass is 10.2. The minimum atomic E-state index is 0.589. The molecule has 0 aliphatic heterocycles. The molecule has 0 fully saturated rings. The Hall–Kier alpha value is -3.13. The minimum absolute atomic E-state index is 0.589. The Balaban J connectivity index is 1.52. The predicted molar refractivity (Wildman–Crippen MR) is 97.2 cm³/mol. The number of para-hydroxylation sites is 2. The third-order valence-electron chi connectivity index (χ3n) is 3.72. The highest BCUT2D eigenvalue weighted by molar-refractivity contribution is 7.98. The summed E-state index contributed by atoms with van der Waals surface area (Å²) in [4.78, 5) is 0. The third kappa shape index (κ3) is 3.31. The first-order valence-electron chi connectivity index (χ1n) is 7.91. The van der Waals surface area contributed by atoms with Crippen LogP contribution in [0.1, 0.15) is 5.69 Å². The molecule has 0 spiro atoms. The molecule has 0 bridgehead atoms. The summed E-state index contributed by atoms with van der Waals surface area (Å²) in [6, 6.07) is 19.4. The monoisotopic (exact) mass is 365 g/mol. The van der Waals surface area contributed by atoms with Crippen LogP contribution in [0.25, 0.3) is 17.0 Å². The van der Waals surface area contributed by atoms with Crippen LogP contribution in [0.15, 0.2) is 70.3 Å². The smallest absolute Gasteiger partial charge is 0.214 e. The fourth-order valence-electron chi connectivity index (χ4n) is 2.48. The first kappa shape index (κ1) is 16.3. The average molecular weight is 365 g/mol. The fourth-order valence-corrected chi connectivity index (χ4v) is 3.25. The van der Waals surface area contributed by atoms with E-state index in [-0.39, 0.29) is 0 Å². The average Bonchev–Trinajstić information content (AvgIpc) is 3.36. The molecule has 0 saturated heterocycles. The van der Waals surface area contributed by atoms with Gasteiger partial charge in [0.1, 0.15) is 11.4 Å². The molecule has 7 nitrogen and oxygen atoms in total. The molecular formula is C18H15N5O2S. The molecule has 130 valence electrons. The van der Waals surface area contributed by atoms with Crippen molar-refractivity contribution in [3.05, 3.63) is 66.4 Å². The van der Waals surface area contributed by atoms with Crippen LogP contribution < -0.4 is 4.74 Å². The Morgan fingerprint density at radius 3 is 2.73 bits per heavy atom. The zero-order valence-corrected chi connectivity index (χ0v) is 14.8. The number of hydrogen-bond donors (Lipinski definition) is 0. The summed E-state index contributed by atoms with van der Waals surface area (Å²) in [6.07, 6.45) is 0. The quantitative estimate of drug-likeness (QED) is 0.483. The van der Waals surface area contributed by atoms with Crippen molar-refractivity contribution in [3.63, 3.8) is 0 Å². The molecule has 0 N–H and O–H groups in total. The molecule has 0 saturated carbocycles. The normalized spacial score (nSPS) is 10.8. The van der Waals surface area contributed by atoms with Gasteiger partial charge in [-0.1, -0.05) is 59.4 Å². The van der Waals surface area contributed by atoms with Crippen molar-refractivity contribution in [2.24, 2.45) is 0 Å². The van der Waals surface area contributed by atoms with Gasteiger partial charge in [-0.25, -0.2) is 0 Å². The summed E-state index contributed by atoms with van der Waals surface area (Å²) < 4.78 is 12.5. The standard InChI is InChI=1S/C18H15N5O2S/c1-24-16-10-6-5-9-15(16)23-18(19-21-22-23)26-12-14-11-17(25-20-14)13-7-3-2-4-8-13/h2-11H,12H2,1H3. The van der Waals surface area contributed by atoms with Gasteiger partial charge in [0, 0.05) is 17.4 Å². The van der Waals surface area contributed by atoms with Crippen molar-refractivity contribution >= 4 is 11.8 Å². The summed E-state index contributed by atoms with van der Waals surface area (Å²) >= 11 is 1.48. The van der Waals surface area contributed by atoms with Crippen molar-refractivity contribution in [1.82, 2.24) is 25.4 Å². The maximum atomic E-state index is 5.43. The first-order valence-corrected chi connectivity index (χ1v) is 8.89. The van der Waals surface area contributed by atoms with Crippen LogP contribution in [0.4, 0.5) is 0 Å². The number of aromatic nitrogens is 5.